The van der Waals surface area contributed by atoms with E-state index in [0.29, 0.717) is 21.7 Å². The van der Waals surface area contributed by atoms with Crippen LogP contribution in [0.1, 0.15) is 5.56 Å². The predicted octanol–water partition coefficient (Wildman–Crippen LogP) is 1.58. The molecule has 6 heteroatoms. The highest BCUT2D eigenvalue weighted by molar-refractivity contribution is 6.34. The zero-order chi connectivity index (χ0) is 10.1. The van der Waals surface area contributed by atoms with Gasteiger partial charge in [-0.05, 0) is 6.07 Å². The molecule has 2 rings (SSSR count). The summed E-state index contributed by atoms with van der Waals surface area (Å²) in [5.41, 5.74) is 7.01. The normalized spacial score (nSPS) is 12.2. The Hall–Kier alpha value is -1.75. The van der Waals surface area contributed by atoms with Crippen molar-refractivity contribution in [2.75, 3.05) is 0 Å². The van der Waals surface area contributed by atoms with Gasteiger partial charge in [0.15, 0.2) is 17.8 Å². The predicted molar refractivity (Wildman–Crippen MR) is 51.5 cm³/mol. The fraction of sp³-hybridized carbons (Fsp3) is 0. The number of halogens is 1. The maximum Gasteiger partial charge on any atom is 0.181 e. The molecule has 0 fully saturated rings. The average Bonchev–Trinajstić information content (AvgIpc) is 2.62. The minimum Gasteiger partial charge on any atom is -0.443 e. The average molecular weight is 212 g/mol. The molecule has 0 amide bonds. The van der Waals surface area contributed by atoms with Crippen LogP contribution >= 0.6 is 11.6 Å². The van der Waals surface area contributed by atoms with Crippen molar-refractivity contribution in [3.8, 4) is 0 Å². The second-order valence-corrected chi connectivity index (χ2v) is 3.04. The first-order chi connectivity index (χ1) is 6.72. The van der Waals surface area contributed by atoms with Crippen LogP contribution in [-0.2, 0) is 0 Å². The molecule has 0 saturated heterocycles. The summed E-state index contributed by atoms with van der Waals surface area (Å²) in [6.45, 7) is 0. The lowest BCUT2D eigenvalue weighted by molar-refractivity contribution is 0.318. The maximum absolute atomic E-state index is 8.50. The van der Waals surface area contributed by atoms with Gasteiger partial charge in [-0.3, -0.25) is 0 Å². The number of oxazole rings is 1. The van der Waals surface area contributed by atoms with Crippen molar-refractivity contribution in [1.29, 1.82) is 0 Å². The molecule has 72 valence electrons. The highest BCUT2D eigenvalue weighted by Crippen LogP contribution is 2.22. The number of nitrogens with two attached hydrogens (primary N) is 1. The van der Waals surface area contributed by atoms with Crippen LogP contribution in [0, 0.1) is 0 Å². The Morgan fingerprint density at radius 1 is 1.57 bits per heavy atom. The van der Waals surface area contributed by atoms with Crippen LogP contribution in [0.15, 0.2) is 28.1 Å². The van der Waals surface area contributed by atoms with E-state index in [1.165, 1.54) is 6.39 Å². The zero-order valence-electron chi connectivity index (χ0n) is 6.94. The minimum absolute atomic E-state index is 0.0556. The second-order valence-electron chi connectivity index (χ2n) is 2.64. The lowest BCUT2D eigenvalue weighted by Gasteiger charge is -2.00. The first kappa shape index (κ1) is 8.83. The van der Waals surface area contributed by atoms with Crippen LogP contribution in [0.4, 0.5) is 0 Å². The van der Waals surface area contributed by atoms with Gasteiger partial charge < -0.3 is 15.4 Å². The second kappa shape index (κ2) is 3.19. The van der Waals surface area contributed by atoms with E-state index in [0.717, 1.165) is 0 Å². The van der Waals surface area contributed by atoms with E-state index in [9.17, 15) is 0 Å². The van der Waals surface area contributed by atoms with Crippen molar-refractivity contribution in [3.63, 3.8) is 0 Å². The van der Waals surface area contributed by atoms with Crippen molar-refractivity contribution in [2.24, 2.45) is 10.9 Å². The smallest absolute Gasteiger partial charge is 0.181 e. The highest BCUT2D eigenvalue weighted by Gasteiger charge is 2.09. The van der Waals surface area contributed by atoms with E-state index in [4.69, 9.17) is 27.0 Å². The Morgan fingerprint density at radius 2 is 2.36 bits per heavy atom. The molecule has 0 aliphatic carbocycles. The van der Waals surface area contributed by atoms with E-state index >= 15 is 0 Å². The third kappa shape index (κ3) is 1.27. The number of rotatable bonds is 1. The van der Waals surface area contributed by atoms with Gasteiger partial charge >= 0.3 is 0 Å². The van der Waals surface area contributed by atoms with Crippen LogP contribution < -0.4 is 5.73 Å². The molecule has 0 aliphatic heterocycles. The van der Waals surface area contributed by atoms with Gasteiger partial charge in [-0.2, -0.15) is 0 Å². The van der Waals surface area contributed by atoms with Crippen LogP contribution in [0.3, 0.4) is 0 Å². The number of fused-ring (bicyclic) bond motifs is 1. The quantitative estimate of drug-likeness (QED) is 0.325. The fourth-order valence-corrected chi connectivity index (χ4v) is 1.38. The summed E-state index contributed by atoms with van der Waals surface area (Å²) in [7, 11) is 0. The molecular weight excluding hydrogens is 206 g/mol. The summed E-state index contributed by atoms with van der Waals surface area (Å²) in [6.07, 6.45) is 1.30. The first-order valence-corrected chi connectivity index (χ1v) is 4.11. The van der Waals surface area contributed by atoms with E-state index in [-0.39, 0.29) is 5.84 Å². The number of nitrogens with zero attached hydrogens (tertiary/aromatic N) is 2. The largest absolute Gasteiger partial charge is 0.443 e. The molecular formula is C8H6ClN3O2. The van der Waals surface area contributed by atoms with Gasteiger partial charge in [0.1, 0.15) is 5.52 Å². The van der Waals surface area contributed by atoms with Crippen molar-refractivity contribution in [3.05, 3.63) is 29.1 Å². The van der Waals surface area contributed by atoms with Crippen LogP contribution in [0.25, 0.3) is 11.1 Å². The summed E-state index contributed by atoms with van der Waals surface area (Å²) in [5, 5.41) is 11.7. The number of amidine groups is 1. The van der Waals surface area contributed by atoms with Crippen molar-refractivity contribution in [2.45, 2.75) is 0 Å². The molecule has 0 radical (unpaired) electrons. The lowest BCUT2D eigenvalue weighted by atomic mass is 10.2. The number of hydrogen-bond donors (Lipinski definition) is 2. The number of benzene rings is 1. The SMILES string of the molecule is N/C(=N/O)c1cc2ncoc2cc1Cl. The Balaban J connectivity index is 2.71. The molecule has 0 unspecified atom stereocenters. The Morgan fingerprint density at radius 3 is 3.07 bits per heavy atom. The van der Waals surface area contributed by atoms with Crippen LogP contribution in [0.2, 0.25) is 5.02 Å². The molecule has 0 saturated carbocycles. The van der Waals surface area contributed by atoms with Gasteiger partial charge in [0.25, 0.3) is 0 Å². The molecule has 1 aromatic carbocycles. The molecule has 5 nitrogen and oxygen atoms in total. The van der Waals surface area contributed by atoms with Crippen molar-refractivity contribution in [1.82, 2.24) is 4.98 Å². The molecule has 0 bridgehead atoms. The Labute approximate surface area is 83.8 Å². The molecule has 0 atom stereocenters. The maximum atomic E-state index is 8.50. The van der Waals surface area contributed by atoms with Crippen LogP contribution in [0.5, 0.6) is 0 Å². The van der Waals surface area contributed by atoms with E-state index in [1.807, 2.05) is 0 Å². The Kier molecular flexibility index (Phi) is 2.01. The zero-order valence-corrected chi connectivity index (χ0v) is 7.69. The summed E-state index contributed by atoms with van der Waals surface area (Å²) in [5.74, 6) is -0.0556. The van der Waals surface area contributed by atoms with Gasteiger partial charge in [-0.15, -0.1) is 0 Å². The lowest BCUT2D eigenvalue weighted by Crippen LogP contribution is -2.13. The van der Waals surface area contributed by atoms with Gasteiger partial charge in [0, 0.05) is 11.6 Å². The van der Waals surface area contributed by atoms with Gasteiger partial charge in [0.05, 0.1) is 5.02 Å². The summed E-state index contributed by atoms with van der Waals surface area (Å²) < 4.78 is 5.03. The summed E-state index contributed by atoms with van der Waals surface area (Å²) >= 11 is 5.87. The minimum atomic E-state index is -0.0556. The third-order valence-electron chi connectivity index (χ3n) is 1.80. The summed E-state index contributed by atoms with van der Waals surface area (Å²) in [6, 6.07) is 3.16. The van der Waals surface area contributed by atoms with Crippen LogP contribution in [-0.4, -0.2) is 16.0 Å². The van der Waals surface area contributed by atoms with E-state index in [2.05, 4.69) is 10.1 Å². The number of hydrogen-bond acceptors (Lipinski definition) is 4. The van der Waals surface area contributed by atoms with Gasteiger partial charge in [0.2, 0.25) is 0 Å². The molecule has 3 N–H and O–H groups in total. The van der Waals surface area contributed by atoms with Crippen molar-refractivity contribution < 1.29 is 9.62 Å². The van der Waals surface area contributed by atoms with Crippen molar-refractivity contribution >= 4 is 28.5 Å². The van der Waals surface area contributed by atoms with Gasteiger partial charge in [-0.1, -0.05) is 16.8 Å². The third-order valence-corrected chi connectivity index (χ3v) is 2.12. The molecule has 0 aliphatic rings. The molecule has 1 aromatic heterocycles. The highest BCUT2D eigenvalue weighted by atomic mass is 35.5. The van der Waals surface area contributed by atoms with E-state index < -0.39 is 0 Å². The number of oxime groups is 1. The topological polar surface area (TPSA) is 84.6 Å². The fourth-order valence-electron chi connectivity index (χ4n) is 1.13. The van der Waals surface area contributed by atoms with E-state index in [1.54, 1.807) is 12.1 Å². The monoisotopic (exact) mass is 211 g/mol. The standard InChI is InChI=1S/C8H6ClN3O2/c9-5-2-7-6(11-3-14-7)1-4(5)8(10)12-13/h1-3,13H,(H2,10,12). The molecule has 14 heavy (non-hydrogen) atoms. The number of aromatic nitrogens is 1. The molecule has 1 heterocycles. The first-order valence-electron chi connectivity index (χ1n) is 3.73. The Bertz CT molecular complexity index is 506. The van der Waals surface area contributed by atoms with Gasteiger partial charge in [-0.25, -0.2) is 4.98 Å². The molecule has 2 aromatic rings. The summed E-state index contributed by atoms with van der Waals surface area (Å²) in [4.78, 5) is 3.92. The molecule has 0 spiro atoms.